The highest BCUT2D eigenvalue weighted by Crippen LogP contribution is 2.32. The Morgan fingerprint density at radius 3 is 2.89 bits per heavy atom. The zero-order chi connectivity index (χ0) is 13.8. The van der Waals surface area contributed by atoms with Gasteiger partial charge in [-0.05, 0) is 18.1 Å². The number of aliphatic carboxylic acids is 1. The quantitative estimate of drug-likeness (QED) is 0.844. The Labute approximate surface area is 112 Å². The first-order valence-corrected chi connectivity index (χ1v) is 6.39. The van der Waals surface area contributed by atoms with Crippen molar-refractivity contribution in [3.63, 3.8) is 0 Å². The van der Waals surface area contributed by atoms with E-state index in [1.807, 2.05) is 24.3 Å². The molecule has 0 aliphatic carbocycles. The Balaban J connectivity index is 1.95. The van der Waals surface area contributed by atoms with Crippen LogP contribution in [0.1, 0.15) is 24.3 Å². The monoisotopic (exact) mass is 262 g/mol. The van der Waals surface area contributed by atoms with Crippen LogP contribution in [-0.4, -0.2) is 42.0 Å². The first kappa shape index (κ1) is 13.4. The predicted octanol–water partition coefficient (Wildman–Crippen LogP) is 1.52. The molecule has 5 nitrogen and oxygen atoms in total. The van der Waals surface area contributed by atoms with Crippen molar-refractivity contribution >= 4 is 17.6 Å². The maximum atomic E-state index is 12.3. The van der Waals surface area contributed by atoms with Gasteiger partial charge < -0.3 is 15.3 Å². The molecule has 1 atom stereocenters. The molecule has 1 amide bonds. The number of carboxylic acids is 1. The zero-order valence-electron chi connectivity index (χ0n) is 10.9. The van der Waals surface area contributed by atoms with Gasteiger partial charge in [0.05, 0.1) is 5.92 Å². The fourth-order valence-corrected chi connectivity index (χ4v) is 2.35. The molecular formula is C14H18N2O3. The lowest BCUT2D eigenvalue weighted by molar-refractivity contribution is -0.138. The first-order valence-electron chi connectivity index (χ1n) is 6.39. The van der Waals surface area contributed by atoms with E-state index in [-0.39, 0.29) is 18.2 Å². The molecule has 2 rings (SSSR count). The first-order chi connectivity index (χ1) is 9.09. The van der Waals surface area contributed by atoms with Gasteiger partial charge >= 0.3 is 5.97 Å². The minimum Gasteiger partial charge on any atom is -0.481 e. The summed E-state index contributed by atoms with van der Waals surface area (Å²) in [5.74, 6) is -0.942. The molecular weight excluding hydrogens is 244 g/mol. The van der Waals surface area contributed by atoms with Crippen molar-refractivity contribution in [1.82, 2.24) is 4.90 Å². The summed E-state index contributed by atoms with van der Waals surface area (Å²) in [5.41, 5.74) is 2.04. The van der Waals surface area contributed by atoms with Crippen molar-refractivity contribution in [2.75, 3.05) is 25.5 Å². The number of carbonyl (C=O) groups is 2. The van der Waals surface area contributed by atoms with Gasteiger partial charge in [0.15, 0.2) is 0 Å². The molecule has 1 unspecified atom stereocenters. The van der Waals surface area contributed by atoms with Gasteiger partial charge in [0.25, 0.3) is 0 Å². The number of carboxylic acid groups (broad SMARTS) is 1. The smallest absolute Gasteiger partial charge is 0.303 e. The van der Waals surface area contributed by atoms with Gasteiger partial charge in [0, 0.05) is 32.2 Å². The van der Waals surface area contributed by atoms with Gasteiger partial charge in [0.2, 0.25) is 5.91 Å². The van der Waals surface area contributed by atoms with Crippen molar-refractivity contribution in [1.29, 1.82) is 0 Å². The highest BCUT2D eigenvalue weighted by Gasteiger charge is 2.29. The van der Waals surface area contributed by atoms with Crippen molar-refractivity contribution in [3.8, 4) is 0 Å². The summed E-state index contributed by atoms with van der Waals surface area (Å²) in [6.45, 7) is 1.09. The maximum absolute atomic E-state index is 12.3. The van der Waals surface area contributed by atoms with Gasteiger partial charge in [-0.1, -0.05) is 18.2 Å². The van der Waals surface area contributed by atoms with E-state index >= 15 is 0 Å². The second-order valence-electron chi connectivity index (χ2n) is 4.78. The molecule has 1 heterocycles. The summed E-state index contributed by atoms with van der Waals surface area (Å²) < 4.78 is 0. The van der Waals surface area contributed by atoms with Crippen LogP contribution < -0.4 is 5.32 Å². The fourth-order valence-electron chi connectivity index (χ4n) is 2.35. The van der Waals surface area contributed by atoms with Crippen LogP contribution in [0.2, 0.25) is 0 Å². The van der Waals surface area contributed by atoms with Gasteiger partial charge in [-0.3, -0.25) is 9.59 Å². The number of nitrogens with one attached hydrogen (secondary N) is 1. The number of likely N-dealkylation sites (N-methyl/N-ethyl adjacent to an activating group) is 1. The minimum absolute atomic E-state index is 0.0443. The van der Waals surface area contributed by atoms with E-state index < -0.39 is 5.97 Å². The molecule has 1 aromatic rings. The Hall–Kier alpha value is -2.04. The van der Waals surface area contributed by atoms with Crippen LogP contribution in [0.4, 0.5) is 5.69 Å². The molecule has 1 aliphatic rings. The number of rotatable bonds is 5. The number of fused-ring (bicyclic) bond motifs is 1. The normalized spacial score (nSPS) is 16.6. The number of nitrogens with zero attached hydrogens (tertiary/aromatic N) is 1. The Kier molecular flexibility index (Phi) is 4.04. The lowest BCUT2D eigenvalue weighted by Crippen LogP contribution is -2.33. The van der Waals surface area contributed by atoms with E-state index in [4.69, 9.17) is 5.11 Å². The van der Waals surface area contributed by atoms with E-state index in [1.54, 1.807) is 11.9 Å². The number of carbonyl (C=O) groups excluding carboxylic acids is 1. The van der Waals surface area contributed by atoms with Crippen molar-refractivity contribution in [2.24, 2.45) is 0 Å². The predicted molar refractivity (Wildman–Crippen MR) is 72.2 cm³/mol. The summed E-state index contributed by atoms with van der Waals surface area (Å²) in [4.78, 5) is 24.4. The number of hydrogen-bond acceptors (Lipinski definition) is 3. The summed E-state index contributed by atoms with van der Waals surface area (Å²) in [7, 11) is 1.73. The second kappa shape index (κ2) is 5.73. The van der Waals surface area contributed by atoms with Gasteiger partial charge in [0.1, 0.15) is 0 Å². The molecule has 0 spiro atoms. The SMILES string of the molecule is CN(CCCC(=O)O)C(=O)C1CNc2ccccc21. The molecule has 0 bridgehead atoms. The van der Waals surface area contributed by atoms with Crippen LogP contribution in [0.3, 0.4) is 0 Å². The van der Waals surface area contributed by atoms with Gasteiger partial charge in [-0.15, -0.1) is 0 Å². The number of amides is 1. The van der Waals surface area contributed by atoms with E-state index in [2.05, 4.69) is 5.32 Å². The van der Waals surface area contributed by atoms with E-state index in [0.717, 1.165) is 11.3 Å². The summed E-state index contributed by atoms with van der Waals surface area (Å²) in [6, 6.07) is 7.79. The zero-order valence-corrected chi connectivity index (χ0v) is 10.9. The Morgan fingerprint density at radius 2 is 2.16 bits per heavy atom. The van der Waals surface area contributed by atoms with E-state index in [1.165, 1.54) is 0 Å². The number of benzene rings is 1. The van der Waals surface area contributed by atoms with Crippen LogP contribution in [0.15, 0.2) is 24.3 Å². The summed E-state index contributed by atoms with van der Waals surface area (Å²) in [5, 5.41) is 11.8. The third-order valence-electron chi connectivity index (χ3n) is 3.39. The topological polar surface area (TPSA) is 69.6 Å². The van der Waals surface area contributed by atoms with Crippen LogP contribution >= 0.6 is 0 Å². The van der Waals surface area contributed by atoms with E-state index in [9.17, 15) is 9.59 Å². The van der Waals surface area contributed by atoms with E-state index in [0.29, 0.717) is 19.5 Å². The van der Waals surface area contributed by atoms with Crippen molar-refractivity contribution < 1.29 is 14.7 Å². The van der Waals surface area contributed by atoms with Gasteiger partial charge in [-0.2, -0.15) is 0 Å². The largest absolute Gasteiger partial charge is 0.481 e. The molecule has 0 saturated carbocycles. The van der Waals surface area contributed by atoms with Crippen LogP contribution in [0.25, 0.3) is 0 Å². The van der Waals surface area contributed by atoms with Crippen molar-refractivity contribution in [3.05, 3.63) is 29.8 Å². The van der Waals surface area contributed by atoms with Crippen LogP contribution in [-0.2, 0) is 9.59 Å². The lowest BCUT2D eigenvalue weighted by atomic mass is 10.00. The number of anilines is 1. The second-order valence-corrected chi connectivity index (χ2v) is 4.78. The third-order valence-corrected chi connectivity index (χ3v) is 3.39. The minimum atomic E-state index is -0.825. The molecule has 19 heavy (non-hydrogen) atoms. The molecule has 0 aromatic heterocycles. The molecule has 2 N–H and O–H groups in total. The number of hydrogen-bond donors (Lipinski definition) is 2. The average molecular weight is 262 g/mol. The number of para-hydroxylation sites is 1. The molecule has 1 aromatic carbocycles. The third kappa shape index (κ3) is 3.05. The fraction of sp³-hybridized carbons (Fsp3) is 0.429. The maximum Gasteiger partial charge on any atom is 0.303 e. The molecule has 1 aliphatic heterocycles. The highest BCUT2D eigenvalue weighted by atomic mass is 16.4. The van der Waals surface area contributed by atoms with Crippen LogP contribution in [0, 0.1) is 0 Å². The van der Waals surface area contributed by atoms with Crippen LogP contribution in [0.5, 0.6) is 0 Å². The molecule has 0 saturated heterocycles. The standard InChI is InChI=1S/C14H18N2O3/c1-16(8-4-7-13(17)18)14(19)11-9-15-12-6-3-2-5-10(11)12/h2-3,5-6,11,15H,4,7-9H2,1H3,(H,17,18). The lowest BCUT2D eigenvalue weighted by Gasteiger charge is -2.20. The molecule has 5 heteroatoms. The van der Waals surface area contributed by atoms with Crippen molar-refractivity contribution in [2.45, 2.75) is 18.8 Å². The molecule has 0 radical (unpaired) electrons. The summed E-state index contributed by atoms with van der Waals surface area (Å²) in [6.07, 6.45) is 0.580. The summed E-state index contributed by atoms with van der Waals surface area (Å²) >= 11 is 0. The molecule has 0 fully saturated rings. The Bertz CT molecular complexity index is 487. The Morgan fingerprint density at radius 1 is 1.42 bits per heavy atom. The molecule has 102 valence electrons. The highest BCUT2D eigenvalue weighted by molar-refractivity contribution is 5.88. The van der Waals surface area contributed by atoms with Gasteiger partial charge in [-0.25, -0.2) is 0 Å². The average Bonchev–Trinajstić information content (AvgIpc) is 2.81.